The molecule has 1 N–H and O–H groups in total. The maximum Gasteiger partial charge on any atom is 0.177 e. The standard InChI is InChI=1S/C13H10N4O2S/c1-9-3-4-11(13(5-9)20(2,18)19)17-12(8-16)10(6-14)7-15/h3-5,17H,1-2H3. The first kappa shape index (κ1) is 15.2. The Balaban J connectivity index is 3.46. The van der Waals surface area contributed by atoms with E-state index in [1.807, 2.05) is 0 Å². The van der Waals surface area contributed by atoms with Crippen LogP contribution in [0, 0.1) is 40.9 Å². The highest BCUT2D eigenvalue weighted by atomic mass is 32.2. The monoisotopic (exact) mass is 286 g/mol. The topological polar surface area (TPSA) is 118 Å². The van der Waals surface area contributed by atoms with Crippen LogP contribution in [-0.4, -0.2) is 14.7 Å². The van der Waals surface area contributed by atoms with Gasteiger partial charge in [0.05, 0.1) is 10.6 Å². The summed E-state index contributed by atoms with van der Waals surface area (Å²) in [7, 11) is -3.51. The van der Waals surface area contributed by atoms with E-state index in [1.54, 1.807) is 31.2 Å². The quantitative estimate of drug-likeness (QED) is 0.844. The van der Waals surface area contributed by atoms with Crippen LogP contribution < -0.4 is 5.32 Å². The number of nitrogens with one attached hydrogen (secondary N) is 1. The molecular weight excluding hydrogens is 276 g/mol. The Kier molecular flexibility index (Phi) is 4.48. The summed E-state index contributed by atoms with van der Waals surface area (Å²) in [5.74, 6) is 0. The molecule has 0 aliphatic heterocycles. The molecule has 0 bridgehead atoms. The van der Waals surface area contributed by atoms with Crippen molar-refractivity contribution >= 4 is 15.5 Å². The molecule has 0 heterocycles. The third-order valence-corrected chi connectivity index (χ3v) is 3.52. The molecule has 7 heteroatoms. The Morgan fingerprint density at radius 3 is 2.20 bits per heavy atom. The molecule has 6 nitrogen and oxygen atoms in total. The van der Waals surface area contributed by atoms with E-state index in [0.717, 1.165) is 11.8 Å². The van der Waals surface area contributed by atoms with Gasteiger partial charge in [-0.05, 0) is 24.6 Å². The largest absolute Gasteiger partial charge is 0.344 e. The summed E-state index contributed by atoms with van der Waals surface area (Å²) in [5.41, 5.74) is 0.188. The van der Waals surface area contributed by atoms with Crippen molar-refractivity contribution in [1.29, 1.82) is 15.8 Å². The van der Waals surface area contributed by atoms with E-state index >= 15 is 0 Å². The number of hydrogen-bond acceptors (Lipinski definition) is 6. The molecule has 0 fully saturated rings. The third kappa shape index (κ3) is 3.35. The second-order valence-electron chi connectivity index (χ2n) is 3.98. The lowest BCUT2D eigenvalue weighted by molar-refractivity contribution is 0.602. The minimum atomic E-state index is -3.51. The van der Waals surface area contributed by atoms with Crippen LogP contribution in [-0.2, 0) is 9.84 Å². The third-order valence-electron chi connectivity index (χ3n) is 2.38. The van der Waals surface area contributed by atoms with Crippen LogP contribution in [0.25, 0.3) is 0 Å². The van der Waals surface area contributed by atoms with Gasteiger partial charge in [-0.15, -0.1) is 0 Å². The van der Waals surface area contributed by atoms with Gasteiger partial charge in [-0.2, -0.15) is 15.8 Å². The van der Waals surface area contributed by atoms with Gasteiger partial charge in [-0.1, -0.05) is 6.07 Å². The summed E-state index contributed by atoms with van der Waals surface area (Å²) in [5, 5.41) is 29.0. The molecule has 100 valence electrons. The number of allylic oxidation sites excluding steroid dienone is 2. The summed E-state index contributed by atoms with van der Waals surface area (Å²) in [4.78, 5) is 0.000444. The molecule has 0 spiro atoms. The van der Waals surface area contributed by atoms with Gasteiger partial charge in [0.2, 0.25) is 0 Å². The fourth-order valence-electron chi connectivity index (χ4n) is 1.46. The van der Waals surface area contributed by atoms with Crippen molar-refractivity contribution in [2.75, 3.05) is 11.6 Å². The number of hydrogen-bond donors (Lipinski definition) is 1. The molecule has 0 amide bonds. The average Bonchev–Trinajstić information content (AvgIpc) is 2.39. The van der Waals surface area contributed by atoms with Gasteiger partial charge in [-0.25, -0.2) is 8.42 Å². The zero-order chi connectivity index (χ0) is 15.3. The molecule has 0 aromatic heterocycles. The number of aryl methyl sites for hydroxylation is 1. The molecule has 0 atom stereocenters. The summed E-state index contributed by atoms with van der Waals surface area (Å²) in [6.45, 7) is 1.73. The molecular formula is C13H10N4O2S. The van der Waals surface area contributed by atoms with Crippen molar-refractivity contribution in [2.24, 2.45) is 0 Å². The number of rotatable bonds is 3. The molecule has 1 aromatic rings. The van der Waals surface area contributed by atoms with Crippen LogP contribution in [0.15, 0.2) is 34.4 Å². The average molecular weight is 286 g/mol. The number of benzene rings is 1. The minimum absolute atomic E-state index is 0.000444. The Labute approximate surface area is 117 Å². The van der Waals surface area contributed by atoms with Crippen molar-refractivity contribution in [3.63, 3.8) is 0 Å². The molecule has 1 aromatic carbocycles. The van der Waals surface area contributed by atoms with Crippen LogP contribution in [0.1, 0.15) is 5.56 Å². The van der Waals surface area contributed by atoms with E-state index in [4.69, 9.17) is 15.8 Å². The van der Waals surface area contributed by atoms with Gasteiger partial charge in [0.25, 0.3) is 0 Å². The molecule has 0 saturated carbocycles. The number of anilines is 1. The molecule has 0 saturated heterocycles. The lowest BCUT2D eigenvalue weighted by Gasteiger charge is -2.10. The smallest absolute Gasteiger partial charge is 0.177 e. The number of sulfone groups is 1. The van der Waals surface area contributed by atoms with E-state index in [9.17, 15) is 8.42 Å². The first-order valence-electron chi connectivity index (χ1n) is 5.35. The first-order valence-corrected chi connectivity index (χ1v) is 7.25. The fraction of sp³-hybridized carbons (Fsp3) is 0.154. The van der Waals surface area contributed by atoms with Crippen LogP contribution in [0.2, 0.25) is 0 Å². The van der Waals surface area contributed by atoms with Crippen molar-refractivity contribution in [1.82, 2.24) is 0 Å². The second-order valence-corrected chi connectivity index (χ2v) is 5.97. The Hall–Kier alpha value is -2.82. The highest BCUT2D eigenvalue weighted by Gasteiger charge is 2.16. The Morgan fingerprint density at radius 2 is 1.75 bits per heavy atom. The fourth-order valence-corrected chi connectivity index (χ4v) is 2.38. The minimum Gasteiger partial charge on any atom is -0.344 e. The number of nitriles is 3. The van der Waals surface area contributed by atoms with Crippen LogP contribution in [0.5, 0.6) is 0 Å². The maximum atomic E-state index is 11.7. The summed E-state index contributed by atoms with van der Waals surface area (Å²) < 4.78 is 23.4. The maximum absolute atomic E-state index is 11.7. The Morgan fingerprint density at radius 1 is 1.15 bits per heavy atom. The Bertz CT molecular complexity index is 786. The van der Waals surface area contributed by atoms with E-state index < -0.39 is 15.4 Å². The summed E-state index contributed by atoms with van der Waals surface area (Å²) in [6, 6.07) is 9.42. The normalized spacial score (nSPS) is 9.75. The van der Waals surface area contributed by atoms with Crippen LogP contribution in [0.4, 0.5) is 5.69 Å². The molecule has 0 radical (unpaired) electrons. The second kappa shape index (κ2) is 5.88. The van der Waals surface area contributed by atoms with Gasteiger partial charge in [-0.3, -0.25) is 0 Å². The molecule has 20 heavy (non-hydrogen) atoms. The van der Waals surface area contributed by atoms with Gasteiger partial charge >= 0.3 is 0 Å². The van der Waals surface area contributed by atoms with Gasteiger partial charge < -0.3 is 5.32 Å². The molecule has 0 aliphatic rings. The SMILES string of the molecule is Cc1ccc(NC(C#N)=C(C#N)C#N)c(S(C)(=O)=O)c1. The highest BCUT2D eigenvalue weighted by Crippen LogP contribution is 2.24. The molecule has 1 rings (SSSR count). The lowest BCUT2D eigenvalue weighted by atomic mass is 10.2. The summed E-state index contributed by atoms with van der Waals surface area (Å²) in [6.07, 6.45) is 1.04. The van der Waals surface area contributed by atoms with Crippen LogP contribution >= 0.6 is 0 Å². The van der Waals surface area contributed by atoms with Crippen molar-refractivity contribution < 1.29 is 8.42 Å². The zero-order valence-electron chi connectivity index (χ0n) is 10.8. The van der Waals surface area contributed by atoms with E-state index in [-0.39, 0.29) is 16.3 Å². The van der Waals surface area contributed by atoms with E-state index in [0.29, 0.717) is 0 Å². The van der Waals surface area contributed by atoms with Gasteiger partial charge in [0.15, 0.2) is 15.4 Å². The van der Waals surface area contributed by atoms with Crippen molar-refractivity contribution in [3.8, 4) is 18.2 Å². The number of nitrogens with zero attached hydrogens (tertiary/aromatic N) is 3. The predicted molar refractivity (Wildman–Crippen MR) is 71.8 cm³/mol. The van der Waals surface area contributed by atoms with E-state index in [2.05, 4.69) is 5.32 Å². The van der Waals surface area contributed by atoms with Crippen LogP contribution in [0.3, 0.4) is 0 Å². The molecule has 0 aliphatic carbocycles. The first-order chi connectivity index (χ1) is 9.33. The lowest BCUT2D eigenvalue weighted by Crippen LogP contribution is -2.07. The van der Waals surface area contributed by atoms with Gasteiger partial charge in [0.1, 0.15) is 23.9 Å². The van der Waals surface area contributed by atoms with Crippen molar-refractivity contribution in [2.45, 2.75) is 11.8 Å². The molecule has 0 unspecified atom stereocenters. The van der Waals surface area contributed by atoms with Crippen molar-refractivity contribution in [3.05, 3.63) is 35.0 Å². The summed E-state index contributed by atoms with van der Waals surface area (Å²) >= 11 is 0. The highest BCUT2D eigenvalue weighted by molar-refractivity contribution is 7.90. The van der Waals surface area contributed by atoms with E-state index in [1.165, 1.54) is 12.1 Å². The van der Waals surface area contributed by atoms with Gasteiger partial charge in [0, 0.05) is 6.26 Å². The zero-order valence-corrected chi connectivity index (χ0v) is 11.6. The predicted octanol–water partition coefficient (Wildman–Crippen LogP) is 1.64.